The lowest BCUT2D eigenvalue weighted by Gasteiger charge is -2.04. The Kier molecular flexibility index (Phi) is 3.37. The second-order valence-electron chi connectivity index (χ2n) is 3.38. The van der Waals surface area contributed by atoms with Gasteiger partial charge in [-0.2, -0.15) is 4.98 Å². The van der Waals surface area contributed by atoms with Gasteiger partial charge in [0, 0.05) is 6.07 Å². The second-order valence-corrected chi connectivity index (χ2v) is 3.38. The summed E-state index contributed by atoms with van der Waals surface area (Å²) in [5.74, 6) is -1.11. The average molecular weight is 265 g/mol. The number of ether oxygens (including phenoxy) is 1. The third kappa shape index (κ3) is 2.83. The van der Waals surface area contributed by atoms with Crippen molar-refractivity contribution in [2.75, 3.05) is 0 Å². The Morgan fingerprint density at radius 3 is 2.89 bits per heavy atom. The van der Waals surface area contributed by atoms with Crippen LogP contribution in [0.25, 0.3) is 0 Å². The van der Waals surface area contributed by atoms with Crippen molar-refractivity contribution in [1.82, 2.24) is 10.1 Å². The first-order chi connectivity index (χ1) is 9.08. The molecule has 0 saturated heterocycles. The number of carboxylic acids is 1. The van der Waals surface area contributed by atoms with Gasteiger partial charge in [0.05, 0.1) is 10.5 Å². The first-order valence-corrected chi connectivity index (χ1v) is 4.97. The van der Waals surface area contributed by atoms with E-state index in [1.165, 1.54) is 12.1 Å². The minimum atomic E-state index is -1.26. The molecule has 98 valence electrons. The van der Waals surface area contributed by atoms with Crippen molar-refractivity contribution in [3.63, 3.8) is 0 Å². The standard InChI is InChI=1S/C10H7N3O6/c14-10(15)6-1-2-8(7(3-6)13(16)17)18-4-9-11-5-19-12-9/h1-3,5H,4H2,(H,14,15). The first kappa shape index (κ1) is 12.5. The van der Waals surface area contributed by atoms with Crippen LogP contribution < -0.4 is 4.74 Å². The molecule has 0 aliphatic heterocycles. The van der Waals surface area contributed by atoms with Crippen LogP contribution in [0.5, 0.6) is 5.75 Å². The topological polar surface area (TPSA) is 129 Å². The Morgan fingerprint density at radius 2 is 2.32 bits per heavy atom. The number of aromatic carboxylic acids is 1. The number of aromatic nitrogens is 2. The third-order valence-electron chi connectivity index (χ3n) is 2.17. The van der Waals surface area contributed by atoms with E-state index in [2.05, 4.69) is 14.7 Å². The minimum Gasteiger partial charge on any atom is -0.478 e. The maximum absolute atomic E-state index is 10.8. The molecule has 1 N–H and O–H groups in total. The van der Waals surface area contributed by atoms with Gasteiger partial charge in [-0.1, -0.05) is 5.16 Å². The molecule has 2 rings (SSSR count). The van der Waals surface area contributed by atoms with Gasteiger partial charge >= 0.3 is 11.7 Å². The zero-order valence-electron chi connectivity index (χ0n) is 9.35. The lowest BCUT2D eigenvalue weighted by atomic mass is 10.2. The Labute approximate surface area is 105 Å². The molecule has 0 bridgehead atoms. The quantitative estimate of drug-likeness (QED) is 0.631. The molecule has 2 aromatic rings. The van der Waals surface area contributed by atoms with Gasteiger partial charge in [0.15, 0.2) is 12.4 Å². The van der Waals surface area contributed by atoms with Crippen molar-refractivity contribution in [2.24, 2.45) is 0 Å². The molecule has 9 heteroatoms. The molecule has 0 spiro atoms. The third-order valence-corrected chi connectivity index (χ3v) is 2.17. The average Bonchev–Trinajstić information content (AvgIpc) is 2.89. The first-order valence-electron chi connectivity index (χ1n) is 4.97. The van der Waals surface area contributed by atoms with Crippen molar-refractivity contribution in [2.45, 2.75) is 6.61 Å². The maximum atomic E-state index is 10.8. The largest absolute Gasteiger partial charge is 0.478 e. The van der Waals surface area contributed by atoms with E-state index in [4.69, 9.17) is 9.84 Å². The summed E-state index contributed by atoms with van der Waals surface area (Å²) in [6, 6.07) is 3.34. The van der Waals surface area contributed by atoms with Crippen molar-refractivity contribution in [3.05, 3.63) is 46.1 Å². The fraction of sp³-hybridized carbons (Fsp3) is 0.100. The summed E-state index contributed by atoms with van der Waals surface area (Å²) in [4.78, 5) is 24.5. The predicted molar refractivity (Wildman–Crippen MR) is 58.7 cm³/mol. The monoisotopic (exact) mass is 265 g/mol. The molecule has 19 heavy (non-hydrogen) atoms. The summed E-state index contributed by atoms with van der Waals surface area (Å²) in [5, 5.41) is 23.1. The molecule has 0 fully saturated rings. The molecule has 0 aliphatic rings. The Hall–Kier alpha value is -2.97. The van der Waals surface area contributed by atoms with E-state index in [9.17, 15) is 14.9 Å². The summed E-state index contributed by atoms with van der Waals surface area (Å²) in [6.07, 6.45) is 1.10. The van der Waals surface area contributed by atoms with Gasteiger partial charge in [0.25, 0.3) is 0 Å². The fourth-order valence-electron chi connectivity index (χ4n) is 1.31. The molecule has 0 aliphatic carbocycles. The number of nitro benzene ring substituents is 1. The van der Waals surface area contributed by atoms with E-state index in [1.54, 1.807) is 0 Å². The molecule has 0 saturated carbocycles. The van der Waals surface area contributed by atoms with E-state index in [1.807, 2.05) is 0 Å². The van der Waals surface area contributed by atoms with Crippen LogP contribution in [-0.4, -0.2) is 26.1 Å². The number of benzene rings is 1. The molecular weight excluding hydrogens is 258 g/mol. The Bertz CT molecular complexity index is 610. The van der Waals surface area contributed by atoms with Crippen LogP contribution in [0.4, 0.5) is 5.69 Å². The SMILES string of the molecule is O=C(O)c1ccc(OCc2ncon2)c([N+](=O)[O-])c1. The van der Waals surface area contributed by atoms with Crippen molar-refractivity contribution in [3.8, 4) is 5.75 Å². The number of nitro groups is 1. The number of nitrogens with zero attached hydrogens (tertiary/aromatic N) is 3. The maximum Gasteiger partial charge on any atom is 0.335 e. The van der Waals surface area contributed by atoms with Gasteiger partial charge in [0.1, 0.15) is 0 Å². The van der Waals surface area contributed by atoms with E-state index >= 15 is 0 Å². The smallest absolute Gasteiger partial charge is 0.335 e. The number of rotatable bonds is 5. The van der Waals surface area contributed by atoms with Crippen LogP contribution >= 0.6 is 0 Å². The molecule has 0 unspecified atom stereocenters. The molecule has 0 radical (unpaired) electrons. The van der Waals surface area contributed by atoms with E-state index in [-0.39, 0.29) is 23.7 Å². The van der Waals surface area contributed by atoms with Crippen LogP contribution in [0.2, 0.25) is 0 Å². The zero-order chi connectivity index (χ0) is 13.8. The highest BCUT2D eigenvalue weighted by Gasteiger charge is 2.19. The van der Waals surface area contributed by atoms with Gasteiger partial charge < -0.3 is 14.4 Å². The van der Waals surface area contributed by atoms with Gasteiger partial charge in [-0.15, -0.1) is 0 Å². The summed E-state index contributed by atoms with van der Waals surface area (Å²) < 4.78 is 9.64. The van der Waals surface area contributed by atoms with E-state index in [0.29, 0.717) is 0 Å². The molecule has 1 aromatic carbocycles. The number of hydrogen-bond acceptors (Lipinski definition) is 7. The summed E-state index contributed by atoms with van der Waals surface area (Å²) in [7, 11) is 0. The normalized spacial score (nSPS) is 10.1. The Morgan fingerprint density at radius 1 is 1.53 bits per heavy atom. The number of hydrogen-bond donors (Lipinski definition) is 1. The van der Waals surface area contributed by atoms with Crippen molar-refractivity contribution >= 4 is 11.7 Å². The van der Waals surface area contributed by atoms with Crippen molar-refractivity contribution in [1.29, 1.82) is 0 Å². The number of carboxylic acid groups (broad SMARTS) is 1. The van der Waals surface area contributed by atoms with Crippen LogP contribution in [0.1, 0.15) is 16.2 Å². The second kappa shape index (κ2) is 5.12. The highest BCUT2D eigenvalue weighted by molar-refractivity contribution is 5.88. The highest BCUT2D eigenvalue weighted by Crippen LogP contribution is 2.28. The molecule has 1 heterocycles. The van der Waals surface area contributed by atoms with Gasteiger partial charge in [-0.05, 0) is 12.1 Å². The number of carbonyl (C=O) groups is 1. The van der Waals surface area contributed by atoms with Crippen molar-refractivity contribution < 1.29 is 24.1 Å². The highest BCUT2D eigenvalue weighted by atomic mass is 16.6. The molecular formula is C10H7N3O6. The van der Waals surface area contributed by atoms with Gasteiger partial charge in [-0.3, -0.25) is 10.1 Å². The van der Waals surface area contributed by atoms with E-state index < -0.39 is 16.6 Å². The van der Waals surface area contributed by atoms with Crippen LogP contribution in [0, 0.1) is 10.1 Å². The summed E-state index contributed by atoms with van der Waals surface area (Å²) in [5.41, 5.74) is -0.637. The summed E-state index contributed by atoms with van der Waals surface area (Å²) in [6.45, 7) is -0.121. The summed E-state index contributed by atoms with van der Waals surface area (Å²) >= 11 is 0. The van der Waals surface area contributed by atoms with Crippen LogP contribution in [0.3, 0.4) is 0 Å². The Balaban J connectivity index is 2.24. The minimum absolute atomic E-state index is 0.0696. The molecule has 1 aromatic heterocycles. The van der Waals surface area contributed by atoms with Crippen LogP contribution in [0.15, 0.2) is 29.1 Å². The van der Waals surface area contributed by atoms with Gasteiger partial charge in [0.2, 0.25) is 12.2 Å². The molecule has 9 nitrogen and oxygen atoms in total. The molecule has 0 amide bonds. The van der Waals surface area contributed by atoms with E-state index in [0.717, 1.165) is 12.5 Å². The van der Waals surface area contributed by atoms with Crippen LogP contribution in [-0.2, 0) is 6.61 Å². The zero-order valence-corrected chi connectivity index (χ0v) is 9.35. The molecule has 0 atom stereocenters. The predicted octanol–water partition coefficient (Wildman–Crippen LogP) is 1.25. The van der Waals surface area contributed by atoms with Gasteiger partial charge in [-0.25, -0.2) is 4.79 Å². The lowest BCUT2D eigenvalue weighted by Crippen LogP contribution is -2.03. The fourth-order valence-corrected chi connectivity index (χ4v) is 1.31. The lowest BCUT2D eigenvalue weighted by molar-refractivity contribution is -0.386.